The van der Waals surface area contributed by atoms with Gasteiger partial charge in [0, 0.05) is 12.6 Å². The van der Waals surface area contributed by atoms with Crippen molar-refractivity contribution in [2.45, 2.75) is 6.42 Å². The fraction of sp³-hybridized carbons (Fsp3) is 0.333. The molecule has 0 saturated carbocycles. The van der Waals surface area contributed by atoms with Gasteiger partial charge in [-0.05, 0) is 13.0 Å². The van der Waals surface area contributed by atoms with Crippen LogP contribution in [0.4, 0.5) is 11.5 Å². The van der Waals surface area contributed by atoms with Gasteiger partial charge in [0.05, 0.1) is 4.92 Å². The predicted molar refractivity (Wildman–Crippen MR) is 57.8 cm³/mol. The van der Waals surface area contributed by atoms with Gasteiger partial charge in [-0.3, -0.25) is 10.1 Å². The van der Waals surface area contributed by atoms with E-state index in [0.717, 1.165) is 12.6 Å². The van der Waals surface area contributed by atoms with Gasteiger partial charge in [0.1, 0.15) is 23.6 Å². The standard InChI is InChI=1S/C9H11N5O2/c10-2-1-3-12-9-7(5-11)4-8(6-13-9)14(15)16/h4,6H,1-3,10H2,(H,12,13). The average Bonchev–Trinajstić information content (AvgIpc) is 2.29. The van der Waals surface area contributed by atoms with Crippen LogP contribution in [-0.2, 0) is 0 Å². The Hall–Kier alpha value is -2.20. The Balaban J connectivity index is 2.86. The number of nitriles is 1. The van der Waals surface area contributed by atoms with Crippen molar-refractivity contribution in [1.82, 2.24) is 4.98 Å². The summed E-state index contributed by atoms with van der Waals surface area (Å²) in [6.45, 7) is 1.11. The summed E-state index contributed by atoms with van der Waals surface area (Å²) in [6.07, 6.45) is 1.86. The quantitative estimate of drug-likeness (QED) is 0.427. The van der Waals surface area contributed by atoms with Gasteiger partial charge in [0.25, 0.3) is 5.69 Å². The second kappa shape index (κ2) is 5.63. The molecule has 0 saturated heterocycles. The molecule has 0 spiro atoms. The van der Waals surface area contributed by atoms with Gasteiger partial charge >= 0.3 is 0 Å². The van der Waals surface area contributed by atoms with Crippen LogP contribution >= 0.6 is 0 Å². The number of hydrogen-bond acceptors (Lipinski definition) is 6. The summed E-state index contributed by atoms with van der Waals surface area (Å²) in [5.41, 5.74) is 5.28. The van der Waals surface area contributed by atoms with Crippen LogP contribution in [0.2, 0.25) is 0 Å². The molecule has 84 valence electrons. The molecule has 0 aliphatic rings. The molecule has 1 aromatic heterocycles. The number of aromatic nitrogens is 1. The number of nitrogens with one attached hydrogen (secondary N) is 1. The third-order valence-corrected chi connectivity index (χ3v) is 1.88. The molecule has 1 aromatic rings. The first-order valence-corrected chi connectivity index (χ1v) is 4.67. The summed E-state index contributed by atoms with van der Waals surface area (Å²) in [4.78, 5) is 13.7. The van der Waals surface area contributed by atoms with Gasteiger partial charge in [-0.25, -0.2) is 4.98 Å². The average molecular weight is 221 g/mol. The molecule has 1 heterocycles. The molecule has 0 aromatic carbocycles. The van der Waals surface area contributed by atoms with Crippen molar-refractivity contribution >= 4 is 11.5 Å². The second-order valence-corrected chi connectivity index (χ2v) is 3.03. The zero-order chi connectivity index (χ0) is 12.0. The molecule has 0 bridgehead atoms. The third kappa shape index (κ3) is 2.90. The van der Waals surface area contributed by atoms with E-state index in [1.807, 2.05) is 6.07 Å². The molecule has 0 fully saturated rings. The molecule has 0 unspecified atom stereocenters. The first kappa shape index (κ1) is 11.9. The molecule has 0 aliphatic carbocycles. The Bertz CT molecular complexity index is 426. The lowest BCUT2D eigenvalue weighted by Gasteiger charge is -2.05. The van der Waals surface area contributed by atoms with Crippen molar-refractivity contribution < 1.29 is 4.92 Å². The maximum atomic E-state index is 10.5. The van der Waals surface area contributed by atoms with Crippen LogP contribution in [0.5, 0.6) is 0 Å². The molecule has 0 aliphatic heterocycles. The van der Waals surface area contributed by atoms with E-state index in [9.17, 15) is 10.1 Å². The summed E-state index contributed by atoms with van der Waals surface area (Å²) in [5, 5.41) is 22.2. The molecular formula is C9H11N5O2. The summed E-state index contributed by atoms with van der Waals surface area (Å²) >= 11 is 0. The van der Waals surface area contributed by atoms with Crippen molar-refractivity contribution in [3.63, 3.8) is 0 Å². The zero-order valence-corrected chi connectivity index (χ0v) is 8.51. The van der Waals surface area contributed by atoms with Crippen LogP contribution in [0.15, 0.2) is 12.3 Å². The van der Waals surface area contributed by atoms with Gasteiger partial charge < -0.3 is 11.1 Å². The monoisotopic (exact) mass is 221 g/mol. The van der Waals surface area contributed by atoms with E-state index >= 15 is 0 Å². The van der Waals surface area contributed by atoms with Gasteiger partial charge in [-0.1, -0.05) is 0 Å². The van der Waals surface area contributed by atoms with Crippen LogP contribution in [-0.4, -0.2) is 23.0 Å². The molecule has 7 heteroatoms. The normalized spacial score (nSPS) is 9.50. The highest BCUT2D eigenvalue weighted by Gasteiger charge is 2.11. The van der Waals surface area contributed by atoms with Crippen molar-refractivity contribution in [3.8, 4) is 6.07 Å². The van der Waals surface area contributed by atoms with E-state index in [1.165, 1.54) is 6.07 Å². The van der Waals surface area contributed by atoms with Crippen molar-refractivity contribution in [2.75, 3.05) is 18.4 Å². The van der Waals surface area contributed by atoms with Crippen LogP contribution in [0.1, 0.15) is 12.0 Å². The maximum Gasteiger partial charge on any atom is 0.289 e. The molecule has 7 nitrogen and oxygen atoms in total. The smallest absolute Gasteiger partial charge is 0.289 e. The summed E-state index contributed by atoms with van der Waals surface area (Å²) < 4.78 is 0. The Labute approximate surface area is 92.0 Å². The minimum absolute atomic E-state index is 0.159. The number of rotatable bonds is 5. The Morgan fingerprint density at radius 1 is 1.69 bits per heavy atom. The van der Waals surface area contributed by atoms with Crippen molar-refractivity contribution in [3.05, 3.63) is 27.9 Å². The molecule has 1 rings (SSSR count). The van der Waals surface area contributed by atoms with Gasteiger partial charge in [0.15, 0.2) is 0 Å². The number of nitrogens with two attached hydrogens (primary N) is 1. The van der Waals surface area contributed by atoms with E-state index in [1.54, 1.807) is 0 Å². The first-order valence-electron chi connectivity index (χ1n) is 4.67. The predicted octanol–water partition coefficient (Wildman–Crippen LogP) is 0.622. The Morgan fingerprint density at radius 2 is 2.44 bits per heavy atom. The Kier molecular flexibility index (Phi) is 4.17. The second-order valence-electron chi connectivity index (χ2n) is 3.03. The lowest BCUT2D eigenvalue weighted by molar-refractivity contribution is -0.385. The first-order chi connectivity index (χ1) is 7.69. The van der Waals surface area contributed by atoms with E-state index in [2.05, 4.69) is 10.3 Å². The number of pyridine rings is 1. The molecule has 0 atom stereocenters. The lowest BCUT2D eigenvalue weighted by atomic mass is 10.2. The fourth-order valence-corrected chi connectivity index (χ4v) is 1.09. The molecule has 16 heavy (non-hydrogen) atoms. The topological polar surface area (TPSA) is 118 Å². The molecule has 0 radical (unpaired) electrons. The highest BCUT2D eigenvalue weighted by molar-refractivity contribution is 5.55. The van der Waals surface area contributed by atoms with Gasteiger partial charge in [-0.15, -0.1) is 0 Å². The number of hydrogen-bond donors (Lipinski definition) is 2. The zero-order valence-electron chi connectivity index (χ0n) is 8.51. The molecule has 3 N–H and O–H groups in total. The largest absolute Gasteiger partial charge is 0.369 e. The van der Waals surface area contributed by atoms with Gasteiger partial charge in [0.2, 0.25) is 0 Å². The van der Waals surface area contributed by atoms with E-state index in [4.69, 9.17) is 11.0 Å². The van der Waals surface area contributed by atoms with Crippen molar-refractivity contribution in [2.24, 2.45) is 5.73 Å². The molecule has 0 amide bonds. The number of nitro groups is 1. The Morgan fingerprint density at radius 3 is 3.00 bits per heavy atom. The minimum atomic E-state index is -0.586. The lowest BCUT2D eigenvalue weighted by Crippen LogP contribution is -2.10. The van der Waals surface area contributed by atoms with Crippen LogP contribution in [0, 0.1) is 21.4 Å². The van der Waals surface area contributed by atoms with Crippen LogP contribution < -0.4 is 11.1 Å². The summed E-state index contributed by atoms with van der Waals surface area (Å²) in [5.74, 6) is 0.349. The third-order valence-electron chi connectivity index (χ3n) is 1.88. The van der Waals surface area contributed by atoms with E-state index in [0.29, 0.717) is 18.9 Å². The highest BCUT2D eigenvalue weighted by atomic mass is 16.6. The number of nitrogens with zero attached hydrogens (tertiary/aromatic N) is 3. The number of anilines is 1. The molecular weight excluding hydrogens is 210 g/mol. The van der Waals surface area contributed by atoms with Gasteiger partial charge in [-0.2, -0.15) is 5.26 Å². The minimum Gasteiger partial charge on any atom is -0.369 e. The van der Waals surface area contributed by atoms with Crippen LogP contribution in [0.3, 0.4) is 0 Å². The van der Waals surface area contributed by atoms with E-state index < -0.39 is 4.92 Å². The summed E-state index contributed by atoms with van der Waals surface area (Å²) in [6, 6.07) is 3.05. The van der Waals surface area contributed by atoms with Crippen molar-refractivity contribution in [1.29, 1.82) is 5.26 Å². The maximum absolute atomic E-state index is 10.5. The SMILES string of the molecule is N#Cc1cc([N+](=O)[O-])cnc1NCCCN. The van der Waals surface area contributed by atoms with Crippen LogP contribution in [0.25, 0.3) is 0 Å². The highest BCUT2D eigenvalue weighted by Crippen LogP contribution is 2.17. The van der Waals surface area contributed by atoms with E-state index in [-0.39, 0.29) is 11.3 Å². The summed E-state index contributed by atoms with van der Waals surface area (Å²) in [7, 11) is 0. The fourth-order valence-electron chi connectivity index (χ4n) is 1.09.